The molecule has 0 bridgehead atoms. The average Bonchev–Trinajstić information content (AvgIpc) is 2.94. The van der Waals surface area contributed by atoms with Crippen LogP contribution in [-0.2, 0) is 26.2 Å². The van der Waals surface area contributed by atoms with Crippen LogP contribution in [0, 0.1) is 17.3 Å². The summed E-state index contributed by atoms with van der Waals surface area (Å²) in [5.41, 5.74) is 3.35. The molecule has 5 heteroatoms. The van der Waals surface area contributed by atoms with Gasteiger partial charge in [-0.2, -0.15) is 0 Å². The number of anilines is 1. The first-order valence-corrected chi connectivity index (χ1v) is 12.0. The van der Waals surface area contributed by atoms with Crippen LogP contribution in [-0.4, -0.2) is 31.7 Å². The molecule has 1 aliphatic carbocycles. The topological polar surface area (TPSA) is 58.6 Å². The van der Waals surface area contributed by atoms with Crippen LogP contribution in [0.2, 0.25) is 0 Å². The molecule has 1 saturated carbocycles. The maximum atomic E-state index is 13.5. The Balaban J connectivity index is 1.54. The molecule has 0 aromatic heterocycles. The van der Waals surface area contributed by atoms with Crippen molar-refractivity contribution in [3.63, 3.8) is 0 Å². The first-order valence-electron chi connectivity index (χ1n) is 12.0. The molecule has 1 amide bonds. The maximum Gasteiger partial charge on any atom is 0.304 e. The van der Waals surface area contributed by atoms with Crippen LogP contribution < -0.4 is 10.2 Å². The Hall–Kier alpha value is -1.88. The zero-order valence-corrected chi connectivity index (χ0v) is 19.6. The van der Waals surface area contributed by atoms with Crippen LogP contribution in [0.5, 0.6) is 0 Å². The van der Waals surface area contributed by atoms with Crippen LogP contribution in [0.3, 0.4) is 0 Å². The fourth-order valence-electron chi connectivity index (χ4n) is 6.00. The summed E-state index contributed by atoms with van der Waals surface area (Å²) in [5.74, 6) is 1.29. The number of carbonyl (C=O) groups is 2. The Morgan fingerprint density at radius 2 is 1.84 bits per heavy atom. The van der Waals surface area contributed by atoms with E-state index in [0.717, 1.165) is 55.4 Å². The Morgan fingerprint density at radius 3 is 2.45 bits per heavy atom. The van der Waals surface area contributed by atoms with Gasteiger partial charge in [0.2, 0.25) is 5.91 Å². The van der Waals surface area contributed by atoms with Gasteiger partial charge >= 0.3 is 5.97 Å². The van der Waals surface area contributed by atoms with Gasteiger partial charge in [-0.3, -0.25) is 14.5 Å². The van der Waals surface area contributed by atoms with Gasteiger partial charge in [0.25, 0.3) is 0 Å². The van der Waals surface area contributed by atoms with Crippen LogP contribution >= 0.6 is 0 Å². The maximum absolute atomic E-state index is 13.5. The highest BCUT2D eigenvalue weighted by atomic mass is 16.5. The van der Waals surface area contributed by atoms with E-state index >= 15 is 0 Å². The fourth-order valence-corrected chi connectivity index (χ4v) is 6.00. The lowest BCUT2D eigenvalue weighted by molar-refractivity contribution is -0.141. The molecule has 1 saturated heterocycles. The van der Waals surface area contributed by atoms with Gasteiger partial charge in [0.1, 0.15) is 0 Å². The van der Waals surface area contributed by atoms with Crippen LogP contribution in [0.1, 0.15) is 77.3 Å². The van der Waals surface area contributed by atoms with Crippen molar-refractivity contribution in [1.29, 1.82) is 0 Å². The number of hydrogen-bond donors (Lipinski definition) is 1. The standard InChI is InChI=1S/C26H38N2O3/c1-18(29)31-17-28-23-10-7-20(15-19-5-8-21(9-6-19)25(2,3)4)16-22(23)26(24(28)30)11-13-27-14-12-26/h7,10,16,19,21,27H,5-6,8-9,11-15,17H2,1-4H3. The highest BCUT2D eigenvalue weighted by molar-refractivity contribution is 6.08. The van der Waals surface area contributed by atoms with Gasteiger partial charge in [0.05, 0.1) is 11.1 Å². The molecule has 2 aliphatic heterocycles. The predicted molar refractivity (Wildman–Crippen MR) is 123 cm³/mol. The van der Waals surface area contributed by atoms with Crippen molar-refractivity contribution in [2.75, 3.05) is 24.7 Å². The fraction of sp³-hybridized carbons (Fsp3) is 0.692. The number of rotatable bonds is 4. The average molecular weight is 427 g/mol. The van der Waals surface area contributed by atoms with Crippen molar-refractivity contribution < 1.29 is 14.3 Å². The summed E-state index contributed by atoms with van der Waals surface area (Å²) in [5, 5.41) is 3.39. The van der Waals surface area contributed by atoms with Gasteiger partial charge in [-0.05, 0) is 92.5 Å². The van der Waals surface area contributed by atoms with E-state index in [2.05, 4.69) is 44.3 Å². The minimum Gasteiger partial charge on any atom is -0.444 e. The summed E-state index contributed by atoms with van der Waals surface area (Å²) in [4.78, 5) is 26.5. The molecule has 1 N–H and O–H groups in total. The normalized spacial score (nSPS) is 25.5. The molecule has 2 fully saturated rings. The molecular weight excluding hydrogens is 388 g/mol. The molecule has 0 radical (unpaired) electrons. The highest BCUT2D eigenvalue weighted by Gasteiger charge is 2.51. The molecule has 0 atom stereocenters. The molecule has 1 spiro atoms. The van der Waals surface area contributed by atoms with Crippen molar-refractivity contribution >= 4 is 17.6 Å². The second-order valence-electron chi connectivity index (χ2n) is 11.0. The van der Waals surface area contributed by atoms with Gasteiger partial charge in [0.15, 0.2) is 6.73 Å². The Morgan fingerprint density at radius 1 is 1.16 bits per heavy atom. The third-order valence-electron chi connectivity index (χ3n) is 7.97. The molecule has 0 unspecified atom stereocenters. The van der Waals surface area contributed by atoms with Gasteiger partial charge in [-0.15, -0.1) is 0 Å². The number of fused-ring (bicyclic) bond motifs is 2. The van der Waals surface area contributed by atoms with Crippen LogP contribution in [0.4, 0.5) is 5.69 Å². The second-order valence-corrected chi connectivity index (χ2v) is 11.0. The summed E-state index contributed by atoms with van der Waals surface area (Å²) >= 11 is 0. The highest BCUT2D eigenvalue weighted by Crippen LogP contribution is 2.48. The zero-order valence-electron chi connectivity index (χ0n) is 19.6. The SMILES string of the molecule is CC(=O)OCN1C(=O)C2(CCNCC2)c2cc(CC3CCC(C(C)(C)C)CC3)ccc21. The van der Waals surface area contributed by atoms with Crippen LogP contribution in [0.15, 0.2) is 18.2 Å². The second kappa shape index (κ2) is 8.57. The molecule has 2 heterocycles. The third-order valence-corrected chi connectivity index (χ3v) is 7.97. The summed E-state index contributed by atoms with van der Waals surface area (Å²) in [7, 11) is 0. The van der Waals surface area contributed by atoms with Crippen molar-refractivity contribution in [2.24, 2.45) is 17.3 Å². The van der Waals surface area contributed by atoms with E-state index in [1.54, 1.807) is 4.90 Å². The molecular formula is C26H38N2O3. The number of benzene rings is 1. The quantitative estimate of drug-likeness (QED) is 0.717. The molecule has 170 valence electrons. The lowest BCUT2D eigenvalue weighted by atomic mass is 9.68. The zero-order chi connectivity index (χ0) is 22.2. The van der Waals surface area contributed by atoms with Gasteiger partial charge in [-0.1, -0.05) is 32.9 Å². The number of nitrogens with one attached hydrogen (secondary N) is 1. The summed E-state index contributed by atoms with van der Waals surface area (Å²) in [6.07, 6.45) is 7.94. The minimum atomic E-state index is -0.472. The van der Waals surface area contributed by atoms with E-state index in [9.17, 15) is 9.59 Å². The number of esters is 1. The van der Waals surface area contributed by atoms with Gasteiger partial charge < -0.3 is 10.1 Å². The minimum absolute atomic E-state index is 0.00646. The number of nitrogens with zero attached hydrogens (tertiary/aromatic N) is 1. The molecule has 4 rings (SSSR count). The number of carbonyl (C=O) groups excluding carboxylic acids is 2. The van der Waals surface area contributed by atoms with Crippen molar-refractivity contribution in [3.05, 3.63) is 29.3 Å². The molecule has 5 nitrogen and oxygen atoms in total. The summed E-state index contributed by atoms with van der Waals surface area (Å²) < 4.78 is 5.23. The predicted octanol–water partition coefficient (Wildman–Crippen LogP) is 4.57. The van der Waals surface area contributed by atoms with Gasteiger partial charge in [-0.25, -0.2) is 0 Å². The number of ether oxygens (including phenoxy) is 1. The monoisotopic (exact) mass is 426 g/mol. The molecule has 3 aliphatic rings. The Bertz CT molecular complexity index is 828. The van der Waals surface area contributed by atoms with Crippen molar-refractivity contribution in [3.8, 4) is 0 Å². The number of piperidine rings is 1. The van der Waals surface area contributed by atoms with E-state index in [1.165, 1.54) is 38.2 Å². The van der Waals surface area contributed by atoms with E-state index in [1.807, 2.05) is 0 Å². The van der Waals surface area contributed by atoms with E-state index < -0.39 is 5.41 Å². The van der Waals surface area contributed by atoms with E-state index in [-0.39, 0.29) is 18.6 Å². The molecule has 31 heavy (non-hydrogen) atoms. The van der Waals surface area contributed by atoms with Crippen molar-refractivity contribution in [1.82, 2.24) is 5.32 Å². The molecule has 1 aromatic carbocycles. The number of amides is 1. The summed E-state index contributed by atoms with van der Waals surface area (Å²) in [6.45, 7) is 10.2. The largest absolute Gasteiger partial charge is 0.444 e. The first-order chi connectivity index (χ1) is 14.7. The lowest BCUT2D eigenvalue weighted by Crippen LogP contribution is -2.47. The Kier molecular flexibility index (Phi) is 6.17. The first kappa shape index (κ1) is 22.3. The van der Waals surface area contributed by atoms with Crippen LogP contribution in [0.25, 0.3) is 0 Å². The lowest BCUT2D eigenvalue weighted by Gasteiger charge is -2.37. The van der Waals surface area contributed by atoms with E-state index in [4.69, 9.17) is 4.74 Å². The Labute approximate surface area is 186 Å². The number of hydrogen-bond acceptors (Lipinski definition) is 4. The summed E-state index contributed by atoms with van der Waals surface area (Å²) in [6, 6.07) is 6.56. The van der Waals surface area contributed by atoms with E-state index in [0.29, 0.717) is 5.41 Å². The molecule has 1 aromatic rings. The van der Waals surface area contributed by atoms with Crippen molar-refractivity contribution in [2.45, 2.75) is 78.1 Å². The smallest absolute Gasteiger partial charge is 0.304 e. The third kappa shape index (κ3) is 4.39. The van der Waals surface area contributed by atoms with Gasteiger partial charge in [0, 0.05) is 6.92 Å².